The highest BCUT2D eigenvalue weighted by molar-refractivity contribution is 7.14. The Bertz CT molecular complexity index is 1210. The topological polar surface area (TPSA) is 94.4 Å². The minimum atomic E-state index is -0.456. The average molecular weight is 405 g/mol. The minimum Gasteiger partial charge on any atom is -0.484 e. The van der Waals surface area contributed by atoms with Crippen molar-refractivity contribution < 1.29 is 14.5 Å². The Labute approximate surface area is 169 Å². The predicted octanol–water partition coefficient (Wildman–Crippen LogP) is 4.89. The molecule has 29 heavy (non-hydrogen) atoms. The fraction of sp³-hybridized carbons (Fsp3) is 0.0476. The maximum absolute atomic E-state index is 12.2. The van der Waals surface area contributed by atoms with Crippen molar-refractivity contribution in [2.24, 2.45) is 0 Å². The highest BCUT2D eigenvalue weighted by Crippen LogP contribution is 2.27. The van der Waals surface area contributed by atoms with Gasteiger partial charge in [-0.1, -0.05) is 42.5 Å². The van der Waals surface area contributed by atoms with E-state index in [-0.39, 0.29) is 18.2 Å². The molecule has 144 valence electrons. The lowest BCUT2D eigenvalue weighted by Gasteiger charge is -2.07. The van der Waals surface area contributed by atoms with Gasteiger partial charge in [0, 0.05) is 23.1 Å². The van der Waals surface area contributed by atoms with Crippen LogP contribution < -0.4 is 10.1 Å². The van der Waals surface area contributed by atoms with Crippen LogP contribution in [0.3, 0.4) is 0 Å². The zero-order chi connectivity index (χ0) is 20.2. The lowest BCUT2D eigenvalue weighted by molar-refractivity contribution is -0.384. The van der Waals surface area contributed by atoms with Crippen molar-refractivity contribution in [1.29, 1.82) is 0 Å². The first-order valence-corrected chi connectivity index (χ1v) is 9.58. The molecular formula is C21H15N3O4S. The van der Waals surface area contributed by atoms with Crippen LogP contribution in [0.15, 0.2) is 72.1 Å². The highest BCUT2D eigenvalue weighted by Gasteiger charge is 2.12. The third kappa shape index (κ3) is 4.39. The van der Waals surface area contributed by atoms with Crippen molar-refractivity contribution in [1.82, 2.24) is 4.98 Å². The number of anilines is 1. The van der Waals surface area contributed by atoms with Gasteiger partial charge >= 0.3 is 0 Å². The number of hydrogen-bond acceptors (Lipinski definition) is 6. The average Bonchev–Trinajstić information content (AvgIpc) is 3.20. The molecule has 1 N–H and O–H groups in total. The van der Waals surface area contributed by atoms with Gasteiger partial charge in [-0.3, -0.25) is 20.2 Å². The normalized spacial score (nSPS) is 10.6. The second-order valence-electron chi connectivity index (χ2n) is 6.19. The fourth-order valence-electron chi connectivity index (χ4n) is 2.80. The Balaban J connectivity index is 1.38. The number of nitro benzene ring substituents is 1. The Morgan fingerprint density at radius 3 is 2.72 bits per heavy atom. The molecule has 0 atom stereocenters. The highest BCUT2D eigenvalue weighted by atomic mass is 32.1. The number of hydrogen-bond donors (Lipinski definition) is 1. The number of benzene rings is 3. The SMILES string of the molecule is O=C(COc1ccc2ccccc2c1)Nc1nc(-c2cccc([N+](=O)[O-])c2)cs1. The summed E-state index contributed by atoms with van der Waals surface area (Å²) in [7, 11) is 0. The van der Waals surface area contributed by atoms with E-state index in [1.807, 2.05) is 42.5 Å². The van der Waals surface area contributed by atoms with E-state index in [9.17, 15) is 14.9 Å². The van der Waals surface area contributed by atoms with Gasteiger partial charge in [-0.2, -0.15) is 0 Å². The summed E-state index contributed by atoms with van der Waals surface area (Å²) in [5, 5.41) is 17.9. The minimum absolute atomic E-state index is 0.00938. The third-order valence-corrected chi connectivity index (χ3v) is 4.95. The summed E-state index contributed by atoms with van der Waals surface area (Å²) in [4.78, 5) is 27.0. The van der Waals surface area contributed by atoms with Crippen LogP contribution in [0.5, 0.6) is 5.75 Å². The third-order valence-electron chi connectivity index (χ3n) is 4.19. The summed E-state index contributed by atoms with van der Waals surface area (Å²) in [6.45, 7) is -0.149. The van der Waals surface area contributed by atoms with Gasteiger partial charge in [0.2, 0.25) is 0 Å². The summed E-state index contributed by atoms with van der Waals surface area (Å²) in [5.74, 6) is 0.272. The van der Waals surface area contributed by atoms with Crippen LogP contribution in [0.2, 0.25) is 0 Å². The number of thiazole rings is 1. The molecule has 0 saturated heterocycles. The van der Waals surface area contributed by atoms with Gasteiger partial charge in [-0.15, -0.1) is 11.3 Å². The number of nitro groups is 1. The molecule has 7 nitrogen and oxygen atoms in total. The summed E-state index contributed by atoms with van der Waals surface area (Å²) in [6, 6.07) is 19.7. The molecule has 0 aliphatic carbocycles. The van der Waals surface area contributed by atoms with Crippen LogP contribution in [0, 0.1) is 10.1 Å². The van der Waals surface area contributed by atoms with Crippen molar-refractivity contribution in [3.05, 3.63) is 82.2 Å². The molecule has 0 bridgehead atoms. The van der Waals surface area contributed by atoms with Crippen molar-refractivity contribution in [2.45, 2.75) is 0 Å². The molecule has 0 fully saturated rings. The van der Waals surface area contributed by atoms with E-state index < -0.39 is 4.92 Å². The second kappa shape index (κ2) is 8.07. The molecule has 0 spiro atoms. The molecule has 0 unspecified atom stereocenters. The lowest BCUT2D eigenvalue weighted by atomic mass is 10.1. The molecular weight excluding hydrogens is 390 g/mol. The van der Waals surface area contributed by atoms with E-state index in [1.54, 1.807) is 17.5 Å². The van der Waals surface area contributed by atoms with E-state index in [1.165, 1.54) is 23.5 Å². The van der Waals surface area contributed by atoms with Gasteiger partial charge in [0.25, 0.3) is 11.6 Å². The Kier molecular flexibility index (Phi) is 5.17. The van der Waals surface area contributed by atoms with Gasteiger partial charge in [-0.25, -0.2) is 4.98 Å². The molecule has 4 aromatic rings. The van der Waals surface area contributed by atoms with Crippen LogP contribution in [-0.2, 0) is 4.79 Å². The van der Waals surface area contributed by atoms with Crippen LogP contribution in [0.25, 0.3) is 22.0 Å². The number of non-ortho nitro benzene ring substituents is 1. The maximum atomic E-state index is 12.2. The number of rotatable bonds is 6. The number of nitrogens with one attached hydrogen (secondary N) is 1. The Morgan fingerprint density at radius 2 is 1.90 bits per heavy atom. The van der Waals surface area contributed by atoms with Gasteiger partial charge in [0.1, 0.15) is 5.75 Å². The molecule has 0 aliphatic rings. The van der Waals surface area contributed by atoms with Crippen LogP contribution in [-0.4, -0.2) is 22.4 Å². The van der Waals surface area contributed by atoms with E-state index in [0.717, 1.165) is 10.8 Å². The van der Waals surface area contributed by atoms with Crippen LogP contribution >= 0.6 is 11.3 Å². The second-order valence-corrected chi connectivity index (χ2v) is 7.05. The van der Waals surface area contributed by atoms with Crippen LogP contribution in [0.4, 0.5) is 10.8 Å². The van der Waals surface area contributed by atoms with E-state index in [4.69, 9.17) is 4.74 Å². The van der Waals surface area contributed by atoms with E-state index in [0.29, 0.717) is 22.1 Å². The number of carbonyl (C=O) groups excluding carboxylic acids is 1. The zero-order valence-electron chi connectivity index (χ0n) is 15.1. The monoisotopic (exact) mass is 405 g/mol. The summed E-state index contributed by atoms with van der Waals surface area (Å²) >= 11 is 1.24. The van der Waals surface area contributed by atoms with Crippen molar-refractivity contribution >= 4 is 38.8 Å². The molecule has 0 radical (unpaired) electrons. The largest absolute Gasteiger partial charge is 0.484 e. The van der Waals surface area contributed by atoms with Crippen molar-refractivity contribution in [3.8, 4) is 17.0 Å². The Hall–Kier alpha value is -3.78. The van der Waals surface area contributed by atoms with E-state index in [2.05, 4.69) is 10.3 Å². The number of carbonyl (C=O) groups is 1. The Morgan fingerprint density at radius 1 is 1.07 bits per heavy atom. The van der Waals surface area contributed by atoms with Gasteiger partial charge in [0.05, 0.1) is 10.6 Å². The molecule has 1 amide bonds. The maximum Gasteiger partial charge on any atom is 0.270 e. The standard InChI is InChI=1S/C21H15N3O4S/c25-20(12-28-18-9-8-14-4-1-2-5-15(14)11-18)23-21-22-19(13-29-21)16-6-3-7-17(10-16)24(26)27/h1-11,13H,12H2,(H,22,23,25). The molecule has 0 saturated carbocycles. The smallest absolute Gasteiger partial charge is 0.270 e. The summed E-state index contributed by atoms with van der Waals surface area (Å²) < 4.78 is 5.57. The van der Waals surface area contributed by atoms with Crippen LogP contribution in [0.1, 0.15) is 0 Å². The lowest BCUT2D eigenvalue weighted by Crippen LogP contribution is -2.20. The first-order valence-electron chi connectivity index (χ1n) is 8.70. The van der Waals surface area contributed by atoms with Gasteiger partial charge < -0.3 is 4.74 Å². The number of fused-ring (bicyclic) bond motifs is 1. The fourth-order valence-corrected chi connectivity index (χ4v) is 3.54. The first-order chi connectivity index (χ1) is 14.1. The van der Waals surface area contributed by atoms with Gasteiger partial charge in [-0.05, 0) is 22.9 Å². The van der Waals surface area contributed by atoms with Crippen molar-refractivity contribution in [2.75, 3.05) is 11.9 Å². The summed E-state index contributed by atoms with van der Waals surface area (Å²) in [6.07, 6.45) is 0. The molecule has 1 heterocycles. The molecule has 1 aromatic heterocycles. The summed E-state index contributed by atoms with van der Waals surface area (Å²) in [5.41, 5.74) is 1.16. The molecule has 0 aliphatic heterocycles. The molecule has 3 aromatic carbocycles. The number of amides is 1. The molecule has 4 rings (SSSR count). The van der Waals surface area contributed by atoms with Crippen molar-refractivity contribution in [3.63, 3.8) is 0 Å². The first kappa shape index (κ1) is 18.6. The predicted molar refractivity (Wildman–Crippen MR) is 112 cm³/mol. The van der Waals surface area contributed by atoms with E-state index >= 15 is 0 Å². The molecule has 8 heteroatoms. The number of nitrogens with zero attached hydrogens (tertiary/aromatic N) is 2. The van der Waals surface area contributed by atoms with Gasteiger partial charge in [0.15, 0.2) is 11.7 Å². The number of aromatic nitrogens is 1. The quantitative estimate of drug-likeness (QED) is 0.364. The number of ether oxygens (including phenoxy) is 1. The zero-order valence-corrected chi connectivity index (χ0v) is 15.9.